The van der Waals surface area contributed by atoms with Crippen molar-refractivity contribution in [1.29, 1.82) is 0 Å². The fourth-order valence-corrected chi connectivity index (χ4v) is 3.82. The highest BCUT2D eigenvalue weighted by molar-refractivity contribution is 9.10. The van der Waals surface area contributed by atoms with E-state index in [-0.39, 0.29) is 5.75 Å². The summed E-state index contributed by atoms with van der Waals surface area (Å²) in [5.74, 6) is -0.245. The third kappa shape index (κ3) is 8.32. The van der Waals surface area contributed by atoms with Gasteiger partial charge in [-0.15, -0.1) is 0 Å². The summed E-state index contributed by atoms with van der Waals surface area (Å²) in [5, 5.41) is 5.06. The molecule has 10 heteroatoms. The molecule has 4 aromatic carbocycles. The van der Waals surface area contributed by atoms with Crippen molar-refractivity contribution in [3.8, 4) is 17.2 Å². The molecule has 0 aromatic heterocycles. The van der Waals surface area contributed by atoms with E-state index in [1.807, 2.05) is 19.1 Å². The fraction of sp³-hybridized carbons (Fsp3) is 0.0690. The van der Waals surface area contributed by atoms with Crippen LogP contribution in [0.5, 0.6) is 17.2 Å². The van der Waals surface area contributed by atoms with Gasteiger partial charge in [0.2, 0.25) is 0 Å². The first-order chi connectivity index (χ1) is 18.8. The van der Waals surface area contributed by atoms with Gasteiger partial charge in [0.1, 0.15) is 17.2 Å². The first-order valence-electron chi connectivity index (χ1n) is 11.5. The Hall–Kier alpha value is -3.85. The van der Waals surface area contributed by atoms with Crippen LogP contribution in [0.2, 0.25) is 10.0 Å². The molecular formula is C29H21BrCl2N2O5. The third-order valence-corrected chi connectivity index (χ3v) is 6.16. The van der Waals surface area contributed by atoms with Crippen LogP contribution in [-0.2, 0) is 4.79 Å². The quantitative estimate of drug-likeness (QED) is 0.0696. The van der Waals surface area contributed by atoms with Crippen molar-refractivity contribution < 1.29 is 23.8 Å². The lowest BCUT2D eigenvalue weighted by molar-refractivity contribution is -0.140. The molecule has 1 amide bonds. The molecule has 39 heavy (non-hydrogen) atoms. The van der Waals surface area contributed by atoms with Crippen molar-refractivity contribution >= 4 is 57.2 Å². The van der Waals surface area contributed by atoms with Crippen LogP contribution in [0.15, 0.2) is 101 Å². The molecule has 0 bridgehead atoms. The van der Waals surface area contributed by atoms with Crippen molar-refractivity contribution in [3.05, 3.63) is 122 Å². The predicted octanol–water partition coefficient (Wildman–Crippen LogP) is 7.22. The maximum Gasteiger partial charge on any atom is 0.343 e. The maximum absolute atomic E-state index is 13.0. The van der Waals surface area contributed by atoms with Gasteiger partial charge >= 0.3 is 18.2 Å². The largest absolute Gasteiger partial charge is 0.446 e. The first kappa shape index (κ1) is 28.2. The normalized spacial score (nSPS) is 10.9. The fourth-order valence-electron chi connectivity index (χ4n) is 3.18. The Bertz CT molecular complexity index is 1430. The van der Waals surface area contributed by atoms with Gasteiger partial charge in [-0.25, -0.2) is 10.2 Å². The second kappa shape index (κ2) is 13.3. The second-order valence-corrected chi connectivity index (χ2v) is 9.94. The standard InChI is InChI=1S/C29H21BrCl2N2O5/c1-18-2-4-19(5-3-18)28(36)39-26-15-6-21(30)16-20(26)17-33-34-27(35)29(37-24-11-7-22(31)8-12-24)38-25-13-9-23(32)10-14-25/h2-17,29H,1H3,(H,34,35). The van der Waals surface area contributed by atoms with Crippen molar-refractivity contribution in [3.63, 3.8) is 0 Å². The lowest BCUT2D eigenvalue weighted by atomic mass is 10.1. The van der Waals surface area contributed by atoms with E-state index in [0.717, 1.165) is 10.0 Å². The number of hydrogen-bond acceptors (Lipinski definition) is 6. The number of carbonyl (C=O) groups excluding carboxylic acids is 2. The number of nitrogens with one attached hydrogen (secondary N) is 1. The van der Waals surface area contributed by atoms with E-state index in [1.165, 1.54) is 6.21 Å². The summed E-state index contributed by atoms with van der Waals surface area (Å²) in [7, 11) is 0. The maximum atomic E-state index is 13.0. The van der Waals surface area contributed by atoms with Gasteiger partial charge in [-0.3, -0.25) is 4.79 Å². The highest BCUT2D eigenvalue weighted by Crippen LogP contribution is 2.24. The molecule has 0 aliphatic rings. The van der Waals surface area contributed by atoms with E-state index in [4.69, 9.17) is 37.4 Å². The molecule has 4 aromatic rings. The summed E-state index contributed by atoms with van der Waals surface area (Å²) in [5.41, 5.74) is 4.28. The zero-order valence-corrected chi connectivity index (χ0v) is 23.5. The van der Waals surface area contributed by atoms with Crippen LogP contribution < -0.4 is 19.6 Å². The molecule has 7 nitrogen and oxygen atoms in total. The topological polar surface area (TPSA) is 86.2 Å². The predicted molar refractivity (Wildman–Crippen MR) is 154 cm³/mol. The minimum absolute atomic E-state index is 0.258. The van der Waals surface area contributed by atoms with Crippen molar-refractivity contribution in [2.24, 2.45) is 5.10 Å². The van der Waals surface area contributed by atoms with Gasteiger partial charge in [0.25, 0.3) is 0 Å². The van der Waals surface area contributed by atoms with Crippen molar-refractivity contribution in [2.75, 3.05) is 0 Å². The number of esters is 1. The number of hydrazone groups is 1. The van der Waals surface area contributed by atoms with Crippen LogP contribution in [0.3, 0.4) is 0 Å². The Labute approximate surface area is 243 Å². The number of aryl methyl sites for hydroxylation is 1. The van der Waals surface area contributed by atoms with Gasteiger partial charge in [0.05, 0.1) is 11.8 Å². The average Bonchev–Trinajstić information content (AvgIpc) is 2.92. The molecule has 0 unspecified atom stereocenters. The van der Waals surface area contributed by atoms with Crippen LogP contribution >= 0.6 is 39.1 Å². The summed E-state index contributed by atoms with van der Waals surface area (Å²) >= 11 is 15.3. The Morgan fingerprint density at radius 3 is 1.97 bits per heavy atom. The smallest absolute Gasteiger partial charge is 0.343 e. The number of carbonyl (C=O) groups is 2. The number of halogens is 3. The first-order valence-corrected chi connectivity index (χ1v) is 13.1. The number of amides is 1. The SMILES string of the molecule is Cc1ccc(C(=O)Oc2ccc(Br)cc2C=NNC(=O)C(Oc2ccc(Cl)cc2)Oc2ccc(Cl)cc2)cc1. The molecule has 0 heterocycles. The van der Waals surface area contributed by atoms with Gasteiger partial charge in [-0.05, 0) is 85.8 Å². The third-order valence-electron chi connectivity index (χ3n) is 5.17. The number of hydrogen-bond donors (Lipinski definition) is 1. The molecule has 0 saturated carbocycles. The Morgan fingerprint density at radius 2 is 1.41 bits per heavy atom. The summed E-state index contributed by atoms with van der Waals surface area (Å²) < 4.78 is 17.8. The average molecular weight is 628 g/mol. The van der Waals surface area contributed by atoms with Crippen LogP contribution in [0.4, 0.5) is 0 Å². The van der Waals surface area contributed by atoms with E-state index >= 15 is 0 Å². The zero-order valence-electron chi connectivity index (χ0n) is 20.4. The van der Waals surface area contributed by atoms with Crippen molar-refractivity contribution in [1.82, 2.24) is 5.43 Å². The van der Waals surface area contributed by atoms with Gasteiger partial charge in [0, 0.05) is 20.1 Å². The number of rotatable bonds is 9. The summed E-state index contributed by atoms with van der Waals surface area (Å²) in [6.07, 6.45) is -0.0481. The molecule has 1 N–H and O–H groups in total. The minimum atomic E-state index is -1.40. The van der Waals surface area contributed by atoms with E-state index in [9.17, 15) is 9.59 Å². The van der Waals surface area contributed by atoms with Crippen LogP contribution in [-0.4, -0.2) is 24.4 Å². The molecule has 0 radical (unpaired) electrons. The molecule has 0 aliphatic carbocycles. The lowest BCUT2D eigenvalue weighted by Crippen LogP contribution is -2.40. The van der Waals surface area contributed by atoms with Crippen molar-refractivity contribution in [2.45, 2.75) is 13.2 Å². The summed E-state index contributed by atoms with van der Waals surface area (Å²) in [6, 6.07) is 25.0. The highest BCUT2D eigenvalue weighted by atomic mass is 79.9. The van der Waals surface area contributed by atoms with Gasteiger partial charge in [-0.2, -0.15) is 5.10 Å². The molecule has 0 saturated heterocycles. The van der Waals surface area contributed by atoms with Crippen LogP contribution in [0.1, 0.15) is 21.5 Å². The molecule has 0 spiro atoms. The van der Waals surface area contributed by atoms with E-state index in [2.05, 4.69) is 26.5 Å². The molecule has 0 aliphatic heterocycles. The van der Waals surface area contributed by atoms with E-state index in [1.54, 1.807) is 78.9 Å². The molecule has 4 rings (SSSR count). The molecular weight excluding hydrogens is 607 g/mol. The Balaban J connectivity index is 1.49. The van der Waals surface area contributed by atoms with E-state index in [0.29, 0.717) is 32.7 Å². The lowest BCUT2D eigenvalue weighted by Gasteiger charge is -2.19. The minimum Gasteiger partial charge on any atom is -0.446 e. The van der Waals surface area contributed by atoms with Gasteiger partial charge in [0.15, 0.2) is 0 Å². The number of nitrogens with zero attached hydrogens (tertiary/aromatic N) is 1. The van der Waals surface area contributed by atoms with Crippen LogP contribution in [0, 0.1) is 6.92 Å². The van der Waals surface area contributed by atoms with Crippen LogP contribution in [0.25, 0.3) is 0 Å². The number of ether oxygens (including phenoxy) is 3. The zero-order chi connectivity index (χ0) is 27.8. The Kier molecular flexibility index (Phi) is 9.59. The second-order valence-electron chi connectivity index (χ2n) is 8.15. The number of benzene rings is 4. The monoisotopic (exact) mass is 626 g/mol. The van der Waals surface area contributed by atoms with Gasteiger partial charge < -0.3 is 14.2 Å². The highest BCUT2D eigenvalue weighted by Gasteiger charge is 2.23. The molecule has 0 fully saturated rings. The molecule has 198 valence electrons. The molecule has 0 atom stereocenters. The summed E-state index contributed by atoms with van der Waals surface area (Å²) in [6.45, 7) is 1.93. The Morgan fingerprint density at radius 1 is 0.846 bits per heavy atom. The summed E-state index contributed by atoms with van der Waals surface area (Å²) in [4.78, 5) is 25.6. The van der Waals surface area contributed by atoms with E-state index < -0.39 is 18.2 Å². The van der Waals surface area contributed by atoms with Gasteiger partial charge in [-0.1, -0.05) is 56.8 Å².